The molecule has 0 aromatic heterocycles. The molecule has 0 saturated carbocycles. The summed E-state index contributed by atoms with van der Waals surface area (Å²) in [6.45, 7) is 4.03. The summed E-state index contributed by atoms with van der Waals surface area (Å²) in [6.07, 6.45) is 0. The topological polar surface area (TPSA) is 81.3 Å². The highest BCUT2D eigenvalue weighted by atomic mass is 16.5. The maximum atomic E-state index is 6.06. The van der Waals surface area contributed by atoms with Gasteiger partial charge in [-0.3, -0.25) is 0 Å². The van der Waals surface area contributed by atoms with Gasteiger partial charge in [0, 0.05) is 38.6 Å². The first kappa shape index (κ1) is 22.7. The first-order chi connectivity index (χ1) is 14.1. The largest absolute Gasteiger partial charge is 0.492 e. The van der Waals surface area contributed by atoms with Crippen molar-refractivity contribution in [2.75, 3.05) is 52.9 Å². The van der Waals surface area contributed by atoms with Crippen LogP contribution in [0.4, 0.5) is 5.69 Å². The van der Waals surface area contributed by atoms with Gasteiger partial charge < -0.3 is 30.2 Å². The average molecular weight is 401 g/mol. The van der Waals surface area contributed by atoms with E-state index in [-0.39, 0.29) is 0 Å². The van der Waals surface area contributed by atoms with Crippen LogP contribution in [0.5, 0.6) is 5.75 Å². The van der Waals surface area contributed by atoms with Crippen LogP contribution in [0.3, 0.4) is 0 Å². The molecule has 158 valence electrons. The van der Waals surface area contributed by atoms with Crippen LogP contribution in [0.1, 0.15) is 11.1 Å². The molecule has 0 spiro atoms. The van der Waals surface area contributed by atoms with Crippen molar-refractivity contribution in [3.8, 4) is 5.75 Å². The molecule has 2 aromatic carbocycles. The first-order valence-corrected chi connectivity index (χ1v) is 9.65. The number of aliphatic imine (C=N–C) groups is 1. The molecule has 0 unspecified atom stereocenters. The van der Waals surface area contributed by atoms with E-state index in [2.05, 4.69) is 15.2 Å². The highest BCUT2D eigenvalue weighted by molar-refractivity contribution is 5.92. The molecule has 29 heavy (non-hydrogen) atoms. The van der Waals surface area contributed by atoms with Crippen molar-refractivity contribution in [2.45, 2.75) is 13.2 Å². The van der Waals surface area contributed by atoms with Gasteiger partial charge >= 0.3 is 0 Å². The number of likely N-dealkylation sites (N-methyl/N-ethyl adjacent to an activating group) is 1. The predicted molar refractivity (Wildman–Crippen MR) is 117 cm³/mol. The number of methoxy groups -OCH3 is 2. The zero-order valence-corrected chi connectivity index (χ0v) is 17.6. The number of hydrogen-bond acceptors (Lipinski definition) is 5. The number of hydrogen-bond donors (Lipinski definition) is 2. The summed E-state index contributed by atoms with van der Waals surface area (Å²) in [6, 6.07) is 15.8. The lowest BCUT2D eigenvalue weighted by atomic mass is 10.2. The minimum absolute atomic E-state index is 0.361. The third-order valence-electron chi connectivity index (χ3n) is 4.33. The van der Waals surface area contributed by atoms with Crippen LogP contribution < -0.4 is 15.8 Å². The Morgan fingerprint density at radius 1 is 1.03 bits per heavy atom. The number of nitrogens with one attached hydrogen (secondary N) is 1. The fourth-order valence-corrected chi connectivity index (χ4v) is 2.69. The number of guanidine groups is 1. The van der Waals surface area contributed by atoms with Crippen molar-refractivity contribution < 1.29 is 14.2 Å². The fourth-order valence-electron chi connectivity index (χ4n) is 2.69. The summed E-state index contributed by atoms with van der Waals surface area (Å²) < 4.78 is 16.1. The van der Waals surface area contributed by atoms with E-state index in [4.69, 9.17) is 19.9 Å². The molecule has 0 bridgehead atoms. The quantitative estimate of drug-likeness (QED) is 0.421. The van der Waals surface area contributed by atoms with Crippen molar-refractivity contribution in [3.05, 3.63) is 59.7 Å². The third kappa shape index (κ3) is 8.51. The number of para-hydroxylation sites is 1. The van der Waals surface area contributed by atoms with E-state index in [0.29, 0.717) is 25.7 Å². The molecular weight excluding hydrogens is 368 g/mol. The highest BCUT2D eigenvalue weighted by Gasteiger charge is 2.03. The van der Waals surface area contributed by atoms with E-state index in [1.165, 1.54) is 0 Å². The molecule has 0 aliphatic heterocycles. The maximum Gasteiger partial charge on any atom is 0.193 e. The Labute approximate surface area is 173 Å². The Balaban J connectivity index is 1.86. The minimum Gasteiger partial charge on any atom is -0.492 e. The smallest absolute Gasteiger partial charge is 0.193 e. The lowest BCUT2D eigenvalue weighted by Gasteiger charge is -2.16. The van der Waals surface area contributed by atoms with Gasteiger partial charge in [0.25, 0.3) is 0 Å². The monoisotopic (exact) mass is 400 g/mol. The van der Waals surface area contributed by atoms with Gasteiger partial charge in [0.1, 0.15) is 12.4 Å². The average Bonchev–Trinajstić information content (AvgIpc) is 2.73. The minimum atomic E-state index is 0.361. The standard InChI is InChI=1S/C22H32N4O3/c1-26(11-13-27-2)12-14-29-20-9-6-7-18(15-20)16-24-22(23)25-21-10-5-4-8-19(21)17-28-3/h4-10,15H,11-14,16-17H2,1-3H3,(H3,23,24,25). The molecule has 0 aliphatic rings. The molecule has 0 aliphatic carbocycles. The second-order valence-corrected chi connectivity index (χ2v) is 6.71. The Bertz CT molecular complexity index is 767. The Morgan fingerprint density at radius 3 is 2.62 bits per heavy atom. The van der Waals surface area contributed by atoms with Gasteiger partial charge in [0.15, 0.2) is 5.96 Å². The van der Waals surface area contributed by atoms with Crippen molar-refractivity contribution in [3.63, 3.8) is 0 Å². The summed E-state index contributed by atoms with van der Waals surface area (Å²) >= 11 is 0. The first-order valence-electron chi connectivity index (χ1n) is 9.65. The Hall–Kier alpha value is -2.61. The molecule has 0 atom stereocenters. The van der Waals surface area contributed by atoms with E-state index >= 15 is 0 Å². The van der Waals surface area contributed by atoms with E-state index in [1.807, 2.05) is 55.6 Å². The molecule has 0 fully saturated rings. The van der Waals surface area contributed by atoms with Gasteiger partial charge in [-0.2, -0.15) is 0 Å². The predicted octanol–water partition coefficient (Wildman–Crippen LogP) is 2.72. The van der Waals surface area contributed by atoms with Gasteiger partial charge in [-0.1, -0.05) is 30.3 Å². The van der Waals surface area contributed by atoms with E-state index in [1.54, 1.807) is 14.2 Å². The fraction of sp³-hybridized carbons (Fsp3) is 0.409. The van der Waals surface area contributed by atoms with Crippen LogP contribution in [0.2, 0.25) is 0 Å². The number of anilines is 1. The molecule has 0 amide bonds. The number of benzene rings is 2. The van der Waals surface area contributed by atoms with Crippen LogP contribution in [0.25, 0.3) is 0 Å². The molecule has 0 heterocycles. The van der Waals surface area contributed by atoms with E-state index in [0.717, 1.165) is 42.3 Å². The summed E-state index contributed by atoms with van der Waals surface area (Å²) in [5.41, 5.74) is 9.01. The molecule has 7 heteroatoms. The van der Waals surface area contributed by atoms with Crippen LogP contribution >= 0.6 is 0 Å². The molecule has 2 aromatic rings. The van der Waals surface area contributed by atoms with Gasteiger partial charge in [0.05, 0.1) is 19.8 Å². The zero-order valence-electron chi connectivity index (χ0n) is 17.6. The van der Waals surface area contributed by atoms with Crippen molar-refractivity contribution in [1.29, 1.82) is 0 Å². The maximum absolute atomic E-state index is 6.06. The van der Waals surface area contributed by atoms with Gasteiger partial charge in [-0.15, -0.1) is 0 Å². The number of nitrogens with two attached hydrogens (primary N) is 1. The van der Waals surface area contributed by atoms with Crippen molar-refractivity contribution in [1.82, 2.24) is 4.90 Å². The van der Waals surface area contributed by atoms with Crippen LogP contribution in [0.15, 0.2) is 53.5 Å². The number of rotatable bonds is 12. The molecule has 2 rings (SSSR count). The van der Waals surface area contributed by atoms with Crippen LogP contribution in [-0.2, 0) is 22.6 Å². The molecular formula is C22H32N4O3. The summed E-state index contributed by atoms with van der Waals surface area (Å²) in [7, 11) is 5.42. The molecule has 7 nitrogen and oxygen atoms in total. The van der Waals surface area contributed by atoms with Gasteiger partial charge in [0.2, 0.25) is 0 Å². The zero-order chi connectivity index (χ0) is 20.9. The molecule has 0 radical (unpaired) electrons. The summed E-state index contributed by atoms with van der Waals surface area (Å²) in [5.74, 6) is 1.19. The highest BCUT2D eigenvalue weighted by Crippen LogP contribution is 2.16. The van der Waals surface area contributed by atoms with Crippen LogP contribution in [0, 0.1) is 0 Å². The SMILES string of the molecule is COCCN(C)CCOc1cccc(CN=C(N)Nc2ccccc2COC)c1. The Morgan fingerprint density at radius 2 is 1.83 bits per heavy atom. The molecule has 3 N–H and O–H groups in total. The lowest BCUT2D eigenvalue weighted by Crippen LogP contribution is -2.27. The summed E-state index contributed by atoms with van der Waals surface area (Å²) in [4.78, 5) is 6.61. The Kier molecular flexibility index (Phi) is 9.99. The van der Waals surface area contributed by atoms with Gasteiger partial charge in [-0.05, 0) is 30.8 Å². The molecule has 0 saturated heterocycles. The van der Waals surface area contributed by atoms with E-state index in [9.17, 15) is 0 Å². The third-order valence-corrected chi connectivity index (χ3v) is 4.33. The van der Waals surface area contributed by atoms with Crippen molar-refractivity contribution in [2.24, 2.45) is 10.7 Å². The second-order valence-electron chi connectivity index (χ2n) is 6.71. The van der Waals surface area contributed by atoms with E-state index < -0.39 is 0 Å². The van der Waals surface area contributed by atoms with Gasteiger partial charge in [-0.25, -0.2) is 4.99 Å². The van der Waals surface area contributed by atoms with Crippen molar-refractivity contribution >= 4 is 11.6 Å². The summed E-state index contributed by atoms with van der Waals surface area (Å²) in [5, 5.41) is 3.14. The number of nitrogens with zero attached hydrogens (tertiary/aromatic N) is 2. The number of ether oxygens (including phenoxy) is 3. The van der Waals surface area contributed by atoms with Crippen LogP contribution in [-0.4, -0.2) is 58.4 Å². The second kappa shape index (κ2) is 12.8. The normalized spacial score (nSPS) is 11.7. The lowest BCUT2D eigenvalue weighted by molar-refractivity contribution is 0.150.